The van der Waals surface area contributed by atoms with Crippen molar-refractivity contribution in [3.8, 4) is 11.1 Å². The zero-order chi connectivity index (χ0) is 16.6. The zero-order valence-corrected chi connectivity index (χ0v) is 11.8. The molecule has 1 amide bonds. The average Bonchev–Trinajstić information content (AvgIpc) is 2.88. The molecule has 0 bridgehead atoms. The summed E-state index contributed by atoms with van der Waals surface area (Å²) in [5.74, 6) is -0.490. The maximum absolute atomic E-state index is 12.8. The summed E-state index contributed by atoms with van der Waals surface area (Å²) < 4.78 is 38.5. The topological polar surface area (TPSA) is 71.8 Å². The number of hydrogen-bond acceptors (Lipinski definition) is 2. The van der Waals surface area contributed by atoms with Gasteiger partial charge in [-0.25, -0.2) is 4.98 Å². The summed E-state index contributed by atoms with van der Waals surface area (Å²) in [6.07, 6.45) is -1.26. The van der Waals surface area contributed by atoms with E-state index in [1.54, 1.807) is 18.3 Å². The van der Waals surface area contributed by atoms with Gasteiger partial charge in [0.05, 0.1) is 12.0 Å². The highest BCUT2D eigenvalue weighted by atomic mass is 19.4. The standard InChI is InChI=1S/C16H12F3N3O/c17-16(18,19)12-3-1-2-9(4-12)10-5-13-11(6-14(20)23)8-22-15(13)21-7-10/h1-5,7-8H,6H2,(H2,20,23)(H,21,22). The Labute approximate surface area is 129 Å². The maximum atomic E-state index is 12.8. The normalized spacial score (nSPS) is 11.8. The van der Waals surface area contributed by atoms with Gasteiger partial charge in [-0.1, -0.05) is 12.1 Å². The molecule has 3 N–H and O–H groups in total. The first-order valence-corrected chi connectivity index (χ1v) is 6.76. The Morgan fingerprint density at radius 1 is 1.22 bits per heavy atom. The third-order valence-corrected chi connectivity index (χ3v) is 3.50. The molecule has 2 aromatic heterocycles. The second-order valence-electron chi connectivity index (χ2n) is 5.16. The molecule has 0 aliphatic heterocycles. The number of nitrogens with two attached hydrogens (primary N) is 1. The quantitative estimate of drug-likeness (QED) is 0.777. The summed E-state index contributed by atoms with van der Waals surface area (Å²) in [6.45, 7) is 0. The van der Waals surface area contributed by atoms with E-state index < -0.39 is 17.6 Å². The molecule has 1 aromatic carbocycles. The Morgan fingerprint density at radius 3 is 2.70 bits per heavy atom. The van der Waals surface area contributed by atoms with Crippen LogP contribution in [0.5, 0.6) is 0 Å². The lowest BCUT2D eigenvalue weighted by Gasteiger charge is -2.09. The lowest BCUT2D eigenvalue weighted by Crippen LogP contribution is -2.13. The van der Waals surface area contributed by atoms with Crippen LogP contribution in [0.1, 0.15) is 11.1 Å². The lowest BCUT2D eigenvalue weighted by atomic mass is 10.0. The number of aromatic nitrogens is 2. The molecule has 0 saturated heterocycles. The fourth-order valence-electron chi connectivity index (χ4n) is 2.42. The van der Waals surface area contributed by atoms with Crippen LogP contribution in [0.2, 0.25) is 0 Å². The van der Waals surface area contributed by atoms with Crippen molar-refractivity contribution in [2.45, 2.75) is 12.6 Å². The highest BCUT2D eigenvalue weighted by molar-refractivity contribution is 5.89. The van der Waals surface area contributed by atoms with Gasteiger partial charge >= 0.3 is 6.18 Å². The molecule has 0 spiro atoms. The van der Waals surface area contributed by atoms with Gasteiger partial charge in [-0.2, -0.15) is 13.2 Å². The van der Waals surface area contributed by atoms with Gasteiger partial charge in [0.2, 0.25) is 5.91 Å². The Balaban J connectivity index is 2.08. The van der Waals surface area contributed by atoms with Crippen LogP contribution in [0.15, 0.2) is 42.7 Å². The highest BCUT2D eigenvalue weighted by Gasteiger charge is 2.30. The Kier molecular flexibility index (Phi) is 3.55. The SMILES string of the molecule is NC(=O)Cc1c[nH]c2ncc(-c3cccc(C(F)(F)F)c3)cc12. The Hall–Kier alpha value is -2.83. The molecule has 0 atom stereocenters. The van der Waals surface area contributed by atoms with E-state index in [4.69, 9.17) is 5.73 Å². The van der Waals surface area contributed by atoms with Crippen molar-refractivity contribution in [1.29, 1.82) is 0 Å². The molecule has 0 radical (unpaired) electrons. The minimum absolute atomic E-state index is 0.0354. The molecule has 4 nitrogen and oxygen atoms in total. The van der Waals surface area contributed by atoms with Crippen molar-refractivity contribution in [3.63, 3.8) is 0 Å². The van der Waals surface area contributed by atoms with E-state index in [0.29, 0.717) is 27.7 Å². The number of halogens is 3. The molecule has 23 heavy (non-hydrogen) atoms. The summed E-state index contributed by atoms with van der Waals surface area (Å²) >= 11 is 0. The van der Waals surface area contributed by atoms with Crippen molar-refractivity contribution in [3.05, 3.63) is 53.9 Å². The molecule has 7 heteroatoms. The number of nitrogens with one attached hydrogen (secondary N) is 1. The second-order valence-corrected chi connectivity index (χ2v) is 5.16. The zero-order valence-electron chi connectivity index (χ0n) is 11.8. The number of benzene rings is 1. The summed E-state index contributed by atoms with van der Waals surface area (Å²) in [5.41, 5.74) is 6.63. The molecule has 2 heterocycles. The first kappa shape index (κ1) is 15.1. The minimum Gasteiger partial charge on any atom is -0.369 e. The van der Waals surface area contributed by atoms with E-state index in [1.807, 2.05) is 0 Å². The number of primary amides is 1. The summed E-state index contributed by atoms with van der Waals surface area (Å²) in [7, 11) is 0. The number of alkyl halides is 3. The first-order chi connectivity index (χ1) is 10.8. The van der Waals surface area contributed by atoms with E-state index in [9.17, 15) is 18.0 Å². The number of nitrogens with zero attached hydrogens (tertiary/aromatic N) is 1. The van der Waals surface area contributed by atoms with Crippen LogP contribution < -0.4 is 5.73 Å². The van der Waals surface area contributed by atoms with Crippen molar-refractivity contribution in [1.82, 2.24) is 9.97 Å². The van der Waals surface area contributed by atoms with Crippen LogP contribution in [-0.4, -0.2) is 15.9 Å². The van der Waals surface area contributed by atoms with E-state index >= 15 is 0 Å². The van der Waals surface area contributed by atoms with Crippen molar-refractivity contribution >= 4 is 16.9 Å². The van der Waals surface area contributed by atoms with Crippen molar-refractivity contribution in [2.24, 2.45) is 5.73 Å². The van der Waals surface area contributed by atoms with Gasteiger partial charge in [-0.15, -0.1) is 0 Å². The number of pyridine rings is 1. The van der Waals surface area contributed by atoms with Crippen LogP contribution in [0, 0.1) is 0 Å². The third-order valence-electron chi connectivity index (χ3n) is 3.50. The second kappa shape index (κ2) is 5.42. The number of fused-ring (bicyclic) bond motifs is 1. The van der Waals surface area contributed by atoms with Crippen LogP contribution in [0.25, 0.3) is 22.2 Å². The predicted octanol–water partition coefficient (Wildman–Crippen LogP) is 3.28. The molecule has 0 fully saturated rings. The Morgan fingerprint density at radius 2 is 2.00 bits per heavy atom. The van der Waals surface area contributed by atoms with Gasteiger partial charge in [0.15, 0.2) is 0 Å². The van der Waals surface area contributed by atoms with E-state index in [-0.39, 0.29) is 6.42 Å². The number of amides is 1. The smallest absolute Gasteiger partial charge is 0.369 e. The first-order valence-electron chi connectivity index (χ1n) is 6.76. The van der Waals surface area contributed by atoms with Gasteiger partial charge < -0.3 is 10.7 Å². The van der Waals surface area contributed by atoms with Gasteiger partial charge in [-0.05, 0) is 29.3 Å². The predicted molar refractivity (Wildman–Crippen MR) is 79.4 cm³/mol. The van der Waals surface area contributed by atoms with Crippen LogP contribution in [0.4, 0.5) is 13.2 Å². The molecule has 0 aliphatic rings. The molecule has 0 saturated carbocycles. The summed E-state index contributed by atoms with van der Waals surface area (Å²) in [5, 5.41) is 0.665. The van der Waals surface area contributed by atoms with E-state index in [1.165, 1.54) is 12.3 Å². The number of rotatable bonds is 3. The molecule has 0 aliphatic carbocycles. The molecule has 0 unspecified atom stereocenters. The van der Waals surface area contributed by atoms with Gasteiger partial charge in [-0.3, -0.25) is 4.79 Å². The summed E-state index contributed by atoms with van der Waals surface area (Å²) in [4.78, 5) is 18.2. The average molecular weight is 319 g/mol. The number of aromatic amines is 1. The molecular weight excluding hydrogens is 307 g/mol. The summed E-state index contributed by atoms with van der Waals surface area (Å²) in [6, 6.07) is 6.72. The van der Waals surface area contributed by atoms with Gasteiger partial charge in [0.1, 0.15) is 5.65 Å². The van der Waals surface area contributed by atoms with Crippen LogP contribution in [-0.2, 0) is 17.4 Å². The van der Waals surface area contributed by atoms with Crippen molar-refractivity contribution < 1.29 is 18.0 Å². The molecular formula is C16H12F3N3O. The third kappa shape index (κ3) is 3.03. The fraction of sp³-hybridized carbons (Fsp3) is 0.125. The molecule has 3 rings (SSSR count). The largest absolute Gasteiger partial charge is 0.416 e. The number of carbonyl (C=O) groups is 1. The number of hydrogen-bond donors (Lipinski definition) is 2. The highest BCUT2D eigenvalue weighted by Crippen LogP contribution is 2.32. The van der Waals surface area contributed by atoms with E-state index in [0.717, 1.165) is 12.1 Å². The van der Waals surface area contributed by atoms with Crippen LogP contribution in [0.3, 0.4) is 0 Å². The van der Waals surface area contributed by atoms with Gasteiger partial charge in [0, 0.05) is 23.3 Å². The van der Waals surface area contributed by atoms with Gasteiger partial charge in [0.25, 0.3) is 0 Å². The maximum Gasteiger partial charge on any atom is 0.416 e. The molecule has 118 valence electrons. The monoisotopic (exact) mass is 319 g/mol. The van der Waals surface area contributed by atoms with Crippen LogP contribution >= 0.6 is 0 Å². The number of carbonyl (C=O) groups excluding carboxylic acids is 1. The Bertz CT molecular complexity index is 884. The molecule has 3 aromatic rings. The lowest BCUT2D eigenvalue weighted by molar-refractivity contribution is -0.137. The number of H-pyrrole nitrogens is 1. The van der Waals surface area contributed by atoms with Crippen molar-refractivity contribution in [2.75, 3.05) is 0 Å². The van der Waals surface area contributed by atoms with E-state index in [2.05, 4.69) is 9.97 Å². The fourth-order valence-corrected chi connectivity index (χ4v) is 2.42. The minimum atomic E-state index is -4.40.